The summed E-state index contributed by atoms with van der Waals surface area (Å²) in [6, 6.07) is 8.38. The number of H-pyrrole nitrogens is 1. The first-order valence-corrected chi connectivity index (χ1v) is 6.73. The minimum atomic E-state index is 0.747. The van der Waals surface area contributed by atoms with Gasteiger partial charge >= 0.3 is 0 Å². The molecule has 2 aromatic heterocycles. The number of aromatic amines is 1. The molecule has 0 saturated carbocycles. The summed E-state index contributed by atoms with van der Waals surface area (Å²) >= 11 is 0. The van der Waals surface area contributed by atoms with Crippen molar-refractivity contribution in [2.24, 2.45) is 0 Å². The van der Waals surface area contributed by atoms with Crippen LogP contribution in [0.15, 0.2) is 35.0 Å². The summed E-state index contributed by atoms with van der Waals surface area (Å²) in [5, 5.41) is 5.22. The van der Waals surface area contributed by atoms with E-state index in [4.69, 9.17) is 4.52 Å². The van der Waals surface area contributed by atoms with Crippen molar-refractivity contribution in [1.82, 2.24) is 15.1 Å². The molecule has 0 amide bonds. The maximum absolute atomic E-state index is 5.19. The molecule has 0 aliphatic carbocycles. The maximum Gasteiger partial charge on any atom is 0.226 e. The van der Waals surface area contributed by atoms with E-state index in [9.17, 15) is 0 Å². The number of hydrogen-bond acceptors (Lipinski definition) is 3. The highest BCUT2D eigenvalue weighted by atomic mass is 16.5. The Bertz CT molecular complexity index is 669. The van der Waals surface area contributed by atoms with Crippen LogP contribution in [0.25, 0.3) is 10.9 Å². The lowest BCUT2D eigenvalue weighted by molar-refractivity contribution is 0.371. The van der Waals surface area contributed by atoms with Crippen LogP contribution in [0.5, 0.6) is 0 Å². The minimum Gasteiger partial charge on any atom is -0.361 e. The monoisotopic (exact) mass is 255 g/mol. The molecule has 0 aliphatic rings. The third-order valence-electron chi connectivity index (χ3n) is 3.34. The van der Waals surface area contributed by atoms with E-state index >= 15 is 0 Å². The van der Waals surface area contributed by atoms with Crippen LogP contribution in [-0.4, -0.2) is 15.1 Å². The van der Waals surface area contributed by atoms with E-state index in [2.05, 4.69) is 39.5 Å². The van der Waals surface area contributed by atoms with Gasteiger partial charge in [-0.3, -0.25) is 0 Å². The average molecular weight is 255 g/mol. The summed E-state index contributed by atoms with van der Waals surface area (Å²) < 4.78 is 5.19. The summed E-state index contributed by atoms with van der Waals surface area (Å²) in [6.45, 7) is 2.03. The van der Waals surface area contributed by atoms with Gasteiger partial charge in [0.1, 0.15) is 0 Å². The molecule has 19 heavy (non-hydrogen) atoms. The topological polar surface area (TPSA) is 54.7 Å². The number of aryl methyl sites for hydroxylation is 3. The van der Waals surface area contributed by atoms with Gasteiger partial charge in [0.2, 0.25) is 5.89 Å². The Kier molecular flexibility index (Phi) is 3.31. The molecule has 3 aromatic rings. The number of hydrogen-bond donors (Lipinski definition) is 1. The third kappa shape index (κ3) is 2.52. The van der Waals surface area contributed by atoms with Crippen LogP contribution in [0.3, 0.4) is 0 Å². The molecular formula is C15H17N3O. The van der Waals surface area contributed by atoms with E-state index < -0.39 is 0 Å². The Morgan fingerprint density at radius 3 is 2.95 bits per heavy atom. The molecule has 0 spiro atoms. The second-order valence-electron chi connectivity index (χ2n) is 4.67. The number of aromatic nitrogens is 3. The smallest absolute Gasteiger partial charge is 0.226 e. The lowest BCUT2D eigenvalue weighted by atomic mass is 10.1. The van der Waals surface area contributed by atoms with Crippen molar-refractivity contribution < 1.29 is 4.52 Å². The molecular weight excluding hydrogens is 238 g/mol. The van der Waals surface area contributed by atoms with Crippen LogP contribution < -0.4 is 0 Å². The van der Waals surface area contributed by atoms with Crippen molar-refractivity contribution in [3.05, 3.63) is 47.7 Å². The molecule has 1 N–H and O–H groups in total. The van der Waals surface area contributed by atoms with Crippen LogP contribution in [0.4, 0.5) is 0 Å². The molecule has 98 valence electrons. The summed E-state index contributed by atoms with van der Waals surface area (Å²) in [5.41, 5.74) is 2.55. The fourth-order valence-electron chi connectivity index (χ4n) is 2.30. The normalized spacial score (nSPS) is 11.2. The Morgan fingerprint density at radius 2 is 2.11 bits per heavy atom. The average Bonchev–Trinajstić information content (AvgIpc) is 3.06. The van der Waals surface area contributed by atoms with Gasteiger partial charge in [-0.15, -0.1) is 0 Å². The quantitative estimate of drug-likeness (QED) is 0.761. The predicted molar refractivity (Wildman–Crippen MR) is 74.0 cm³/mol. The van der Waals surface area contributed by atoms with Gasteiger partial charge in [0.05, 0.1) is 0 Å². The van der Waals surface area contributed by atoms with E-state index in [0.717, 1.165) is 37.4 Å². The van der Waals surface area contributed by atoms with Crippen LogP contribution in [0.1, 0.15) is 30.6 Å². The molecule has 0 radical (unpaired) electrons. The van der Waals surface area contributed by atoms with E-state index in [-0.39, 0.29) is 0 Å². The highest BCUT2D eigenvalue weighted by molar-refractivity contribution is 5.82. The molecule has 0 unspecified atom stereocenters. The maximum atomic E-state index is 5.19. The van der Waals surface area contributed by atoms with Gasteiger partial charge in [0.15, 0.2) is 5.82 Å². The standard InChI is InChI=1S/C15H17N3O/c1-2-14-17-15(19-18-14)9-5-6-11-10-16-13-8-4-3-7-12(11)13/h3-4,7-8,10,16H,2,5-6,9H2,1H3. The molecule has 0 bridgehead atoms. The Morgan fingerprint density at radius 1 is 1.21 bits per heavy atom. The Balaban J connectivity index is 1.63. The van der Waals surface area contributed by atoms with E-state index in [1.54, 1.807) is 0 Å². The summed E-state index contributed by atoms with van der Waals surface area (Å²) in [7, 11) is 0. The molecule has 0 aliphatic heterocycles. The minimum absolute atomic E-state index is 0.747. The van der Waals surface area contributed by atoms with Crippen molar-refractivity contribution >= 4 is 10.9 Å². The number of para-hydroxylation sites is 1. The van der Waals surface area contributed by atoms with Gasteiger partial charge in [-0.25, -0.2) is 0 Å². The lowest BCUT2D eigenvalue weighted by Gasteiger charge is -1.97. The first-order chi connectivity index (χ1) is 9.36. The summed E-state index contributed by atoms with van der Waals surface area (Å²) in [6.07, 6.45) is 5.80. The van der Waals surface area contributed by atoms with Gasteiger partial charge in [0, 0.05) is 29.9 Å². The van der Waals surface area contributed by atoms with Crippen LogP contribution >= 0.6 is 0 Å². The first-order valence-electron chi connectivity index (χ1n) is 6.73. The Labute approximate surface area is 111 Å². The number of nitrogens with one attached hydrogen (secondary N) is 1. The molecule has 0 fully saturated rings. The summed E-state index contributed by atoms with van der Waals surface area (Å²) in [5.74, 6) is 1.54. The SMILES string of the molecule is CCc1noc(CCCc2c[nH]c3ccccc23)n1. The van der Waals surface area contributed by atoms with E-state index in [1.165, 1.54) is 16.5 Å². The summed E-state index contributed by atoms with van der Waals surface area (Å²) in [4.78, 5) is 7.62. The second-order valence-corrected chi connectivity index (χ2v) is 4.67. The number of nitrogens with zero attached hydrogens (tertiary/aromatic N) is 2. The van der Waals surface area contributed by atoms with Crippen molar-refractivity contribution in [3.63, 3.8) is 0 Å². The lowest BCUT2D eigenvalue weighted by Crippen LogP contribution is -1.90. The molecule has 2 heterocycles. The van der Waals surface area contributed by atoms with Crippen LogP contribution in [0, 0.1) is 0 Å². The highest BCUT2D eigenvalue weighted by Gasteiger charge is 2.06. The third-order valence-corrected chi connectivity index (χ3v) is 3.34. The zero-order chi connectivity index (χ0) is 13.1. The number of fused-ring (bicyclic) bond motifs is 1. The first kappa shape index (κ1) is 12.0. The Hall–Kier alpha value is -2.10. The van der Waals surface area contributed by atoms with Gasteiger partial charge in [0.25, 0.3) is 0 Å². The highest BCUT2D eigenvalue weighted by Crippen LogP contribution is 2.19. The zero-order valence-corrected chi connectivity index (χ0v) is 11.0. The molecule has 4 nitrogen and oxygen atoms in total. The van der Waals surface area contributed by atoms with Gasteiger partial charge in [-0.2, -0.15) is 4.98 Å². The van der Waals surface area contributed by atoms with Gasteiger partial charge in [-0.1, -0.05) is 30.3 Å². The van der Waals surface area contributed by atoms with E-state index in [1.807, 2.05) is 13.0 Å². The van der Waals surface area contributed by atoms with E-state index in [0.29, 0.717) is 0 Å². The van der Waals surface area contributed by atoms with Gasteiger partial charge < -0.3 is 9.51 Å². The van der Waals surface area contributed by atoms with Crippen LogP contribution in [-0.2, 0) is 19.3 Å². The van der Waals surface area contributed by atoms with Crippen molar-refractivity contribution in [2.75, 3.05) is 0 Å². The number of rotatable bonds is 5. The second kappa shape index (κ2) is 5.26. The molecule has 4 heteroatoms. The predicted octanol–water partition coefficient (Wildman–Crippen LogP) is 3.29. The zero-order valence-electron chi connectivity index (χ0n) is 11.0. The van der Waals surface area contributed by atoms with Crippen molar-refractivity contribution in [1.29, 1.82) is 0 Å². The molecule has 1 aromatic carbocycles. The number of benzene rings is 1. The fraction of sp³-hybridized carbons (Fsp3) is 0.333. The largest absolute Gasteiger partial charge is 0.361 e. The van der Waals surface area contributed by atoms with Crippen molar-refractivity contribution in [3.8, 4) is 0 Å². The molecule has 0 atom stereocenters. The van der Waals surface area contributed by atoms with Crippen LogP contribution in [0.2, 0.25) is 0 Å². The van der Waals surface area contributed by atoms with Crippen molar-refractivity contribution in [2.45, 2.75) is 32.6 Å². The van der Waals surface area contributed by atoms with Gasteiger partial charge in [-0.05, 0) is 24.5 Å². The molecule has 0 saturated heterocycles. The fourth-order valence-corrected chi connectivity index (χ4v) is 2.30. The molecule has 3 rings (SSSR count).